The van der Waals surface area contributed by atoms with Crippen LogP contribution in [-0.4, -0.2) is 65.4 Å². The molecule has 0 bridgehead atoms. The van der Waals surface area contributed by atoms with Gasteiger partial charge in [-0.2, -0.15) is 18.2 Å². The Labute approximate surface area is 159 Å². The lowest BCUT2D eigenvalue weighted by atomic mass is 10.3. The molecular formula is C17H20F3N7O. The van der Waals surface area contributed by atoms with E-state index >= 15 is 0 Å². The van der Waals surface area contributed by atoms with E-state index in [0.717, 1.165) is 37.6 Å². The number of ether oxygens (including phenoxy) is 1. The Morgan fingerprint density at radius 2 is 1.79 bits per heavy atom. The molecule has 4 rings (SSSR count). The number of rotatable bonds is 4. The number of halogens is 3. The third-order valence-corrected chi connectivity index (χ3v) is 4.71. The van der Waals surface area contributed by atoms with Gasteiger partial charge in [-0.1, -0.05) is 0 Å². The minimum absolute atomic E-state index is 0.00178. The van der Waals surface area contributed by atoms with E-state index in [-0.39, 0.29) is 12.0 Å². The SMILES string of the molecule is FC(F)(F)c1ccnc(N2CCC(Nc3nccc(N4CCOCC4)n3)C2)n1. The summed E-state index contributed by atoms with van der Waals surface area (Å²) in [5, 5.41) is 3.27. The van der Waals surface area contributed by atoms with Crippen LogP contribution in [0.25, 0.3) is 0 Å². The molecule has 2 fully saturated rings. The summed E-state index contributed by atoms with van der Waals surface area (Å²) in [6, 6.07) is 2.73. The summed E-state index contributed by atoms with van der Waals surface area (Å²) in [5.74, 6) is 1.42. The van der Waals surface area contributed by atoms with Gasteiger partial charge < -0.3 is 19.9 Å². The molecule has 0 aliphatic carbocycles. The number of aromatic nitrogens is 4. The molecule has 28 heavy (non-hydrogen) atoms. The number of hydrogen-bond donors (Lipinski definition) is 1. The number of anilines is 3. The van der Waals surface area contributed by atoms with E-state index in [0.29, 0.717) is 32.3 Å². The third-order valence-electron chi connectivity index (χ3n) is 4.71. The fourth-order valence-electron chi connectivity index (χ4n) is 3.29. The van der Waals surface area contributed by atoms with Crippen LogP contribution in [0, 0.1) is 0 Å². The fourth-order valence-corrected chi connectivity index (χ4v) is 3.29. The van der Waals surface area contributed by atoms with Gasteiger partial charge in [-0.05, 0) is 18.6 Å². The summed E-state index contributed by atoms with van der Waals surface area (Å²) in [5.41, 5.74) is -0.935. The van der Waals surface area contributed by atoms with Crippen molar-refractivity contribution in [2.24, 2.45) is 0 Å². The largest absolute Gasteiger partial charge is 0.433 e. The molecule has 2 aliphatic rings. The molecule has 2 aromatic heterocycles. The van der Waals surface area contributed by atoms with E-state index in [1.165, 1.54) is 0 Å². The van der Waals surface area contributed by atoms with Crippen LogP contribution in [0.15, 0.2) is 24.5 Å². The van der Waals surface area contributed by atoms with Crippen LogP contribution in [0.1, 0.15) is 12.1 Å². The molecule has 1 N–H and O–H groups in total. The van der Waals surface area contributed by atoms with E-state index in [4.69, 9.17) is 4.74 Å². The third kappa shape index (κ3) is 4.24. The molecule has 150 valence electrons. The number of alkyl halides is 3. The van der Waals surface area contributed by atoms with Gasteiger partial charge in [-0.3, -0.25) is 0 Å². The average molecular weight is 395 g/mol. The molecule has 2 saturated heterocycles. The summed E-state index contributed by atoms with van der Waals surface area (Å²) in [6.45, 7) is 3.93. The lowest BCUT2D eigenvalue weighted by Gasteiger charge is -2.28. The molecule has 0 spiro atoms. The topological polar surface area (TPSA) is 79.3 Å². The zero-order valence-corrected chi connectivity index (χ0v) is 15.1. The Kier molecular flexibility index (Phi) is 5.16. The summed E-state index contributed by atoms with van der Waals surface area (Å²) in [7, 11) is 0. The second-order valence-corrected chi connectivity index (χ2v) is 6.65. The molecule has 0 radical (unpaired) electrons. The highest BCUT2D eigenvalue weighted by molar-refractivity contribution is 5.44. The van der Waals surface area contributed by atoms with Gasteiger partial charge in [0.05, 0.1) is 13.2 Å². The smallest absolute Gasteiger partial charge is 0.378 e. The zero-order chi connectivity index (χ0) is 19.6. The normalized spacial score (nSPS) is 20.5. The van der Waals surface area contributed by atoms with Gasteiger partial charge >= 0.3 is 6.18 Å². The molecule has 1 atom stereocenters. The Hall–Kier alpha value is -2.69. The van der Waals surface area contributed by atoms with Crippen LogP contribution in [0.4, 0.5) is 30.9 Å². The maximum atomic E-state index is 12.9. The van der Waals surface area contributed by atoms with E-state index in [1.807, 2.05) is 6.07 Å². The number of nitrogens with zero attached hydrogens (tertiary/aromatic N) is 6. The van der Waals surface area contributed by atoms with E-state index in [9.17, 15) is 13.2 Å². The standard InChI is InChI=1S/C17H20F3N7O/c18-17(19,20)13-1-4-22-16(24-13)27-6-3-12(11-27)23-15-21-5-2-14(25-15)26-7-9-28-10-8-26/h1-2,4-5,12H,3,6-11H2,(H,21,23,25). The second-order valence-electron chi connectivity index (χ2n) is 6.65. The van der Waals surface area contributed by atoms with Crippen LogP contribution < -0.4 is 15.1 Å². The van der Waals surface area contributed by atoms with Crippen molar-refractivity contribution in [2.75, 3.05) is 54.5 Å². The highest BCUT2D eigenvalue weighted by Gasteiger charge is 2.34. The van der Waals surface area contributed by atoms with Gasteiger partial charge in [0.1, 0.15) is 11.5 Å². The average Bonchev–Trinajstić information content (AvgIpc) is 3.17. The Morgan fingerprint density at radius 1 is 1.00 bits per heavy atom. The Morgan fingerprint density at radius 3 is 2.57 bits per heavy atom. The summed E-state index contributed by atoms with van der Waals surface area (Å²) >= 11 is 0. The van der Waals surface area contributed by atoms with Crippen molar-refractivity contribution in [2.45, 2.75) is 18.6 Å². The van der Waals surface area contributed by atoms with Gasteiger partial charge in [0.15, 0.2) is 0 Å². The highest BCUT2D eigenvalue weighted by atomic mass is 19.4. The molecule has 4 heterocycles. The summed E-state index contributed by atoms with van der Waals surface area (Å²) in [6.07, 6.45) is -0.919. The molecule has 0 aromatic carbocycles. The Bertz CT molecular complexity index is 813. The maximum Gasteiger partial charge on any atom is 0.433 e. The fraction of sp³-hybridized carbons (Fsp3) is 0.529. The quantitative estimate of drug-likeness (QED) is 0.840. The summed E-state index contributed by atoms with van der Waals surface area (Å²) in [4.78, 5) is 20.3. The molecule has 1 unspecified atom stereocenters. The minimum Gasteiger partial charge on any atom is -0.378 e. The predicted octanol–water partition coefficient (Wildman–Crippen LogP) is 1.81. The number of hydrogen-bond acceptors (Lipinski definition) is 8. The van der Waals surface area contributed by atoms with Gasteiger partial charge in [0.25, 0.3) is 0 Å². The first-order valence-electron chi connectivity index (χ1n) is 9.06. The van der Waals surface area contributed by atoms with Crippen molar-refractivity contribution in [3.8, 4) is 0 Å². The van der Waals surface area contributed by atoms with Crippen LogP contribution in [0.3, 0.4) is 0 Å². The molecule has 0 amide bonds. The number of nitrogens with one attached hydrogen (secondary N) is 1. The van der Waals surface area contributed by atoms with Gasteiger partial charge in [-0.15, -0.1) is 0 Å². The lowest BCUT2D eigenvalue weighted by Crippen LogP contribution is -2.37. The van der Waals surface area contributed by atoms with E-state index < -0.39 is 11.9 Å². The monoisotopic (exact) mass is 395 g/mol. The maximum absolute atomic E-state index is 12.9. The van der Waals surface area contributed by atoms with Crippen molar-refractivity contribution < 1.29 is 17.9 Å². The van der Waals surface area contributed by atoms with Crippen molar-refractivity contribution in [3.05, 3.63) is 30.2 Å². The lowest BCUT2D eigenvalue weighted by molar-refractivity contribution is -0.141. The first kappa shape index (κ1) is 18.7. The van der Waals surface area contributed by atoms with Gasteiger partial charge in [-0.25, -0.2) is 15.0 Å². The van der Waals surface area contributed by atoms with Crippen molar-refractivity contribution in [1.29, 1.82) is 0 Å². The second kappa shape index (κ2) is 7.74. The first-order chi connectivity index (χ1) is 13.5. The van der Waals surface area contributed by atoms with E-state index in [2.05, 4.69) is 30.2 Å². The van der Waals surface area contributed by atoms with Crippen molar-refractivity contribution in [3.63, 3.8) is 0 Å². The molecule has 0 saturated carbocycles. The van der Waals surface area contributed by atoms with Crippen molar-refractivity contribution in [1.82, 2.24) is 19.9 Å². The van der Waals surface area contributed by atoms with E-state index in [1.54, 1.807) is 11.1 Å². The van der Waals surface area contributed by atoms with Crippen LogP contribution in [0.2, 0.25) is 0 Å². The van der Waals surface area contributed by atoms with Crippen LogP contribution in [0.5, 0.6) is 0 Å². The van der Waals surface area contributed by atoms with Gasteiger partial charge in [0.2, 0.25) is 11.9 Å². The van der Waals surface area contributed by atoms with Crippen LogP contribution >= 0.6 is 0 Å². The predicted molar refractivity (Wildman–Crippen MR) is 96.3 cm³/mol. The van der Waals surface area contributed by atoms with Crippen LogP contribution in [-0.2, 0) is 10.9 Å². The summed E-state index contributed by atoms with van der Waals surface area (Å²) < 4.78 is 43.9. The molecule has 11 heteroatoms. The Balaban J connectivity index is 1.40. The molecular weight excluding hydrogens is 375 g/mol. The number of morpholine rings is 1. The molecule has 2 aliphatic heterocycles. The van der Waals surface area contributed by atoms with Crippen molar-refractivity contribution >= 4 is 17.7 Å². The zero-order valence-electron chi connectivity index (χ0n) is 15.1. The highest BCUT2D eigenvalue weighted by Crippen LogP contribution is 2.29. The minimum atomic E-state index is -4.48. The molecule has 2 aromatic rings. The molecule has 8 nitrogen and oxygen atoms in total. The first-order valence-corrected chi connectivity index (χ1v) is 9.06. The van der Waals surface area contributed by atoms with Gasteiger partial charge in [0, 0.05) is 44.6 Å².